The van der Waals surface area contributed by atoms with Gasteiger partial charge in [-0.1, -0.05) is 0 Å². The summed E-state index contributed by atoms with van der Waals surface area (Å²) in [5, 5.41) is 4.07. The van der Waals surface area contributed by atoms with Crippen LogP contribution in [0.4, 0.5) is 8.78 Å². The number of benzene rings is 2. The normalized spacial score (nSPS) is 11.3. The van der Waals surface area contributed by atoms with E-state index in [0.717, 1.165) is 24.5 Å². The fraction of sp³-hybridized carbons (Fsp3) is 0.200. The molecule has 0 bridgehead atoms. The van der Waals surface area contributed by atoms with Crippen LogP contribution >= 0.6 is 0 Å². The Morgan fingerprint density at radius 2 is 1.90 bits per heavy atom. The molecule has 0 amide bonds. The monoisotopic (exact) mass is 436 g/mol. The van der Waals surface area contributed by atoms with Crippen molar-refractivity contribution >= 4 is 15.8 Å². The average molecular weight is 436 g/mol. The summed E-state index contributed by atoms with van der Waals surface area (Å²) in [6.45, 7) is 1.66. The first kappa shape index (κ1) is 21.4. The highest BCUT2D eigenvalue weighted by molar-refractivity contribution is 7.90. The van der Waals surface area contributed by atoms with Crippen molar-refractivity contribution in [1.29, 1.82) is 0 Å². The van der Waals surface area contributed by atoms with E-state index in [1.165, 1.54) is 35.3 Å². The van der Waals surface area contributed by atoms with E-state index in [1.54, 1.807) is 6.92 Å². The number of hydrogen-bond donors (Lipinski definition) is 0. The van der Waals surface area contributed by atoms with E-state index in [-0.39, 0.29) is 35.0 Å². The standard InChI is InChI=1S/C20H18F2N2O5S/c1-3-28-20(25)14-10-23-24(11-14)18-5-4-15(21)9-19(18)29-12-13-6-16(22)8-17(7-13)30(2,26)27/h4-11H,3,12H2,1-2H3. The summed E-state index contributed by atoms with van der Waals surface area (Å²) >= 11 is 0. The van der Waals surface area contributed by atoms with Gasteiger partial charge in [0, 0.05) is 18.5 Å². The first-order chi connectivity index (χ1) is 14.2. The summed E-state index contributed by atoms with van der Waals surface area (Å²) in [6, 6.07) is 7.02. The molecule has 7 nitrogen and oxygen atoms in total. The van der Waals surface area contributed by atoms with Gasteiger partial charge in [-0.3, -0.25) is 0 Å². The first-order valence-electron chi connectivity index (χ1n) is 8.81. The summed E-state index contributed by atoms with van der Waals surface area (Å²) in [7, 11) is -3.61. The van der Waals surface area contributed by atoms with E-state index < -0.39 is 27.4 Å². The molecule has 1 aromatic heterocycles. The summed E-state index contributed by atoms with van der Waals surface area (Å²) < 4.78 is 62.8. The lowest BCUT2D eigenvalue weighted by Crippen LogP contribution is -2.05. The van der Waals surface area contributed by atoms with E-state index in [2.05, 4.69) is 5.10 Å². The van der Waals surface area contributed by atoms with Crippen molar-refractivity contribution in [3.8, 4) is 11.4 Å². The fourth-order valence-electron chi connectivity index (χ4n) is 2.65. The Balaban J connectivity index is 1.89. The van der Waals surface area contributed by atoms with Gasteiger partial charge in [0.25, 0.3) is 0 Å². The Kier molecular flexibility index (Phi) is 6.16. The lowest BCUT2D eigenvalue weighted by molar-refractivity contribution is 0.0526. The van der Waals surface area contributed by atoms with Crippen molar-refractivity contribution < 1.29 is 31.5 Å². The van der Waals surface area contributed by atoms with Crippen LogP contribution in [0.1, 0.15) is 22.8 Å². The van der Waals surface area contributed by atoms with Crippen molar-refractivity contribution in [1.82, 2.24) is 9.78 Å². The molecule has 0 aliphatic heterocycles. The summed E-state index contributed by atoms with van der Waals surface area (Å²) in [5.74, 6) is -1.80. The number of ether oxygens (including phenoxy) is 2. The molecule has 158 valence electrons. The van der Waals surface area contributed by atoms with E-state index in [1.807, 2.05) is 0 Å². The zero-order valence-electron chi connectivity index (χ0n) is 16.1. The molecule has 2 aromatic carbocycles. The molecule has 0 aliphatic rings. The van der Waals surface area contributed by atoms with Gasteiger partial charge in [0.2, 0.25) is 0 Å². The lowest BCUT2D eigenvalue weighted by atomic mass is 10.2. The van der Waals surface area contributed by atoms with Crippen LogP contribution < -0.4 is 4.74 Å². The Morgan fingerprint density at radius 1 is 1.13 bits per heavy atom. The highest BCUT2D eigenvalue weighted by atomic mass is 32.2. The maximum atomic E-state index is 13.8. The third-order valence-electron chi connectivity index (χ3n) is 4.02. The third kappa shape index (κ3) is 5.01. The van der Waals surface area contributed by atoms with Crippen LogP contribution in [0.5, 0.6) is 5.75 Å². The Morgan fingerprint density at radius 3 is 2.60 bits per heavy atom. The van der Waals surface area contributed by atoms with Gasteiger partial charge in [0.1, 0.15) is 29.7 Å². The lowest BCUT2D eigenvalue weighted by Gasteiger charge is -2.12. The van der Waals surface area contributed by atoms with Crippen molar-refractivity contribution in [3.05, 3.63) is 71.6 Å². The van der Waals surface area contributed by atoms with E-state index >= 15 is 0 Å². The van der Waals surface area contributed by atoms with Crippen molar-refractivity contribution in [2.24, 2.45) is 0 Å². The highest BCUT2D eigenvalue weighted by Gasteiger charge is 2.15. The van der Waals surface area contributed by atoms with Gasteiger partial charge in [-0.05, 0) is 42.8 Å². The zero-order valence-corrected chi connectivity index (χ0v) is 16.9. The van der Waals surface area contributed by atoms with Crippen LogP contribution in [-0.2, 0) is 21.2 Å². The molecular weight excluding hydrogens is 418 g/mol. The van der Waals surface area contributed by atoms with E-state index in [9.17, 15) is 22.0 Å². The molecule has 1 heterocycles. The predicted molar refractivity (Wildman–Crippen MR) is 103 cm³/mol. The predicted octanol–water partition coefficient (Wildman–Crippen LogP) is 3.31. The molecule has 10 heteroatoms. The molecule has 0 saturated carbocycles. The molecular formula is C20H18F2N2O5S. The van der Waals surface area contributed by atoms with Crippen LogP contribution in [0.25, 0.3) is 5.69 Å². The summed E-state index contributed by atoms with van der Waals surface area (Å²) in [4.78, 5) is 11.6. The van der Waals surface area contributed by atoms with Gasteiger partial charge >= 0.3 is 5.97 Å². The molecule has 0 unspecified atom stereocenters. The molecule has 0 fully saturated rings. The maximum absolute atomic E-state index is 13.8. The molecule has 0 atom stereocenters. The molecule has 0 saturated heterocycles. The van der Waals surface area contributed by atoms with Gasteiger partial charge < -0.3 is 9.47 Å². The second-order valence-electron chi connectivity index (χ2n) is 6.36. The molecule has 3 rings (SSSR count). The minimum atomic E-state index is -3.61. The Labute approximate surface area is 171 Å². The second-order valence-corrected chi connectivity index (χ2v) is 8.38. The van der Waals surface area contributed by atoms with Gasteiger partial charge in [-0.15, -0.1) is 0 Å². The van der Waals surface area contributed by atoms with Crippen LogP contribution in [-0.4, -0.2) is 37.0 Å². The number of nitrogens with zero attached hydrogens (tertiary/aromatic N) is 2. The van der Waals surface area contributed by atoms with Gasteiger partial charge in [-0.25, -0.2) is 26.7 Å². The maximum Gasteiger partial charge on any atom is 0.341 e. The van der Waals surface area contributed by atoms with Crippen LogP contribution in [0.3, 0.4) is 0 Å². The summed E-state index contributed by atoms with van der Waals surface area (Å²) in [5.41, 5.74) is 0.778. The van der Waals surface area contributed by atoms with Crippen molar-refractivity contribution in [3.63, 3.8) is 0 Å². The largest absolute Gasteiger partial charge is 0.487 e. The summed E-state index contributed by atoms with van der Waals surface area (Å²) in [6.07, 6.45) is 3.67. The first-order valence-corrected chi connectivity index (χ1v) is 10.7. The number of esters is 1. The zero-order chi connectivity index (χ0) is 21.9. The average Bonchev–Trinajstić information content (AvgIpc) is 3.15. The molecule has 0 aliphatic carbocycles. The van der Waals surface area contributed by atoms with Crippen LogP contribution in [0, 0.1) is 11.6 Å². The number of sulfone groups is 1. The molecule has 3 aromatic rings. The topological polar surface area (TPSA) is 87.5 Å². The molecule has 30 heavy (non-hydrogen) atoms. The van der Waals surface area contributed by atoms with E-state index in [4.69, 9.17) is 9.47 Å². The fourth-order valence-corrected chi connectivity index (χ4v) is 3.34. The molecule has 0 N–H and O–H groups in total. The van der Waals surface area contributed by atoms with Gasteiger partial charge in [0.15, 0.2) is 9.84 Å². The van der Waals surface area contributed by atoms with Crippen molar-refractivity contribution in [2.75, 3.05) is 12.9 Å². The van der Waals surface area contributed by atoms with E-state index in [0.29, 0.717) is 5.69 Å². The quantitative estimate of drug-likeness (QED) is 0.528. The minimum Gasteiger partial charge on any atom is -0.487 e. The highest BCUT2D eigenvalue weighted by Crippen LogP contribution is 2.26. The van der Waals surface area contributed by atoms with Crippen LogP contribution in [0.15, 0.2) is 53.7 Å². The van der Waals surface area contributed by atoms with Crippen molar-refractivity contribution in [2.45, 2.75) is 18.4 Å². The third-order valence-corrected chi connectivity index (χ3v) is 5.11. The smallest absolute Gasteiger partial charge is 0.341 e. The Bertz CT molecular complexity index is 1190. The number of aromatic nitrogens is 2. The number of halogens is 2. The SMILES string of the molecule is CCOC(=O)c1cnn(-c2ccc(F)cc2OCc2cc(F)cc(S(C)(=O)=O)c2)c1. The molecule has 0 spiro atoms. The van der Waals surface area contributed by atoms with Crippen LogP contribution in [0.2, 0.25) is 0 Å². The molecule has 0 radical (unpaired) electrons. The second kappa shape index (κ2) is 8.62. The number of hydrogen-bond acceptors (Lipinski definition) is 6. The minimum absolute atomic E-state index is 0.0682. The van der Waals surface area contributed by atoms with Gasteiger partial charge in [-0.2, -0.15) is 5.10 Å². The number of carbonyl (C=O) groups is 1. The van der Waals surface area contributed by atoms with Gasteiger partial charge in [0.05, 0.1) is 23.3 Å². The Hall–Kier alpha value is -3.27. The number of rotatable bonds is 7. The number of carbonyl (C=O) groups excluding carboxylic acids is 1.